The van der Waals surface area contributed by atoms with Gasteiger partial charge in [0.05, 0.1) is 18.3 Å². The number of hydrogen-bond acceptors (Lipinski definition) is 5. The molecule has 2 aromatic carbocycles. The Labute approximate surface area is 141 Å². The van der Waals surface area contributed by atoms with Crippen LogP contribution < -0.4 is 15.4 Å². The first-order chi connectivity index (χ1) is 12.0. The van der Waals surface area contributed by atoms with Crippen LogP contribution in [0.3, 0.4) is 0 Å². The number of halogens is 2. The van der Waals surface area contributed by atoms with E-state index in [9.17, 15) is 13.6 Å². The lowest BCUT2D eigenvalue weighted by Gasteiger charge is -2.13. The van der Waals surface area contributed by atoms with Gasteiger partial charge in [0, 0.05) is 30.1 Å². The van der Waals surface area contributed by atoms with Crippen molar-refractivity contribution < 1.29 is 18.3 Å². The Morgan fingerprint density at radius 3 is 2.60 bits per heavy atom. The van der Waals surface area contributed by atoms with Gasteiger partial charge in [0.1, 0.15) is 17.9 Å². The molecule has 0 fully saturated rings. The number of nitrogens with one attached hydrogen (secondary N) is 2. The van der Waals surface area contributed by atoms with Gasteiger partial charge < -0.3 is 15.4 Å². The normalized spacial score (nSPS) is 10.6. The molecule has 3 rings (SSSR count). The largest absolute Gasteiger partial charge is 0.494 e. The van der Waals surface area contributed by atoms with Crippen LogP contribution in [0.2, 0.25) is 0 Å². The van der Waals surface area contributed by atoms with Crippen molar-refractivity contribution in [1.29, 1.82) is 0 Å². The lowest BCUT2D eigenvalue weighted by Crippen LogP contribution is -2.07. The zero-order valence-corrected chi connectivity index (χ0v) is 13.4. The molecule has 0 spiro atoms. The highest BCUT2D eigenvalue weighted by molar-refractivity contribution is 5.92. The zero-order chi connectivity index (χ0) is 18.0. The van der Waals surface area contributed by atoms with Crippen LogP contribution in [0.4, 0.5) is 26.0 Å². The summed E-state index contributed by atoms with van der Waals surface area (Å²) in [5, 5.41) is 6.01. The van der Waals surface area contributed by atoms with E-state index in [0.29, 0.717) is 28.3 Å². The number of methoxy groups -OCH3 is 1. The SMILES string of the molecule is COc1cc(Nc2ncnc3cc(F)c(F)cc23)ccc1NC(C)=O. The number of carbonyl (C=O) groups excluding carboxylic acids is 1. The molecule has 6 nitrogen and oxygen atoms in total. The van der Waals surface area contributed by atoms with Crippen LogP contribution in [0, 0.1) is 11.6 Å². The molecule has 0 atom stereocenters. The molecular weight excluding hydrogens is 330 g/mol. The predicted molar refractivity (Wildman–Crippen MR) is 90.0 cm³/mol. The first-order valence-corrected chi connectivity index (χ1v) is 7.30. The van der Waals surface area contributed by atoms with Crippen LogP contribution in [0.5, 0.6) is 5.75 Å². The fourth-order valence-electron chi connectivity index (χ4n) is 2.35. The Hall–Kier alpha value is -3.29. The number of aromatic nitrogens is 2. The van der Waals surface area contributed by atoms with Crippen LogP contribution >= 0.6 is 0 Å². The summed E-state index contributed by atoms with van der Waals surface area (Å²) in [5.41, 5.74) is 1.38. The van der Waals surface area contributed by atoms with E-state index < -0.39 is 11.6 Å². The Kier molecular flexibility index (Phi) is 4.42. The van der Waals surface area contributed by atoms with Crippen LogP contribution in [-0.2, 0) is 4.79 Å². The molecule has 0 radical (unpaired) electrons. The van der Waals surface area contributed by atoms with E-state index in [2.05, 4.69) is 20.6 Å². The van der Waals surface area contributed by atoms with Gasteiger partial charge in [-0.05, 0) is 18.2 Å². The first-order valence-electron chi connectivity index (χ1n) is 7.30. The van der Waals surface area contributed by atoms with Gasteiger partial charge >= 0.3 is 0 Å². The second-order valence-electron chi connectivity index (χ2n) is 5.23. The lowest BCUT2D eigenvalue weighted by atomic mass is 10.2. The Balaban J connectivity index is 1.98. The van der Waals surface area contributed by atoms with Crippen molar-refractivity contribution in [3.05, 3.63) is 48.3 Å². The molecule has 0 unspecified atom stereocenters. The maximum Gasteiger partial charge on any atom is 0.221 e. The van der Waals surface area contributed by atoms with Gasteiger partial charge in [0.2, 0.25) is 5.91 Å². The third kappa shape index (κ3) is 3.47. The number of rotatable bonds is 4. The van der Waals surface area contributed by atoms with E-state index in [0.717, 1.165) is 12.1 Å². The van der Waals surface area contributed by atoms with Gasteiger partial charge in [-0.3, -0.25) is 4.79 Å². The first kappa shape index (κ1) is 16.6. The number of amides is 1. The minimum absolute atomic E-state index is 0.224. The van der Waals surface area contributed by atoms with Crippen molar-refractivity contribution >= 4 is 34.0 Å². The van der Waals surface area contributed by atoms with Crippen molar-refractivity contribution in [3.8, 4) is 5.75 Å². The monoisotopic (exact) mass is 344 g/mol. The van der Waals surface area contributed by atoms with E-state index >= 15 is 0 Å². The average molecular weight is 344 g/mol. The highest BCUT2D eigenvalue weighted by atomic mass is 19.2. The molecular formula is C17H14F2N4O2. The van der Waals surface area contributed by atoms with Crippen molar-refractivity contribution in [2.24, 2.45) is 0 Å². The third-order valence-electron chi connectivity index (χ3n) is 3.45. The summed E-state index contributed by atoms with van der Waals surface area (Å²) in [4.78, 5) is 19.2. The number of carbonyl (C=O) groups is 1. The van der Waals surface area contributed by atoms with Crippen LogP contribution in [0.1, 0.15) is 6.92 Å². The minimum Gasteiger partial charge on any atom is -0.494 e. The van der Waals surface area contributed by atoms with E-state index in [1.54, 1.807) is 18.2 Å². The topological polar surface area (TPSA) is 76.1 Å². The number of nitrogens with zero attached hydrogens (tertiary/aromatic N) is 2. The van der Waals surface area contributed by atoms with Crippen molar-refractivity contribution in [2.75, 3.05) is 17.7 Å². The molecule has 1 amide bonds. The maximum atomic E-state index is 13.5. The maximum absolute atomic E-state index is 13.5. The van der Waals surface area contributed by atoms with Gasteiger partial charge in [-0.25, -0.2) is 18.7 Å². The summed E-state index contributed by atoms with van der Waals surface area (Å²) >= 11 is 0. The van der Waals surface area contributed by atoms with Gasteiger partial charge in [-0.15, -0.1) is 0 Å². The highest BCUT2D eigenvalue weighted by Crippen LogP contribution is 2.31. The average Bonchev–Trinajstić information content (AvgIpc) is 2.57. The predicted octanol–water partition coefficient (Wildman–Crippen LogP) is 3.62. The lowest BCUT2D eigenvalue weighted by molar-refractivity contribution is -0.114. The van der Waals surface area contributed by atoms with E-state index in [1.807, 2.05) is 0 Å². The Bertz CT molecular complexity index is 963. The quantitative estimate of drug-likeness (QED) is 0.756. The third-order valence-corrected chi connectivity index (χ3v) is 3.45. The summed E-state index contributed by atoms with van der Waals surface area (Å²) in [6.07, 6.45) is 1.25. The number of anilines is 3. The molecule has 2 N–H and O–H groups in total. The second-order valence-corrected chi connectivity index (χ2v) is 5.23. The summed E-state index contributed by atoms with van der Waals surface area (Å²) in [6, 6.07) is 7.06. The summed E-state index contributed by atoms with van der Waals surface area (Å²) < 4.78 is 32.1. The van der Waals surface area contributed by atoms with E-state index in [4.69, 9.17) is 4.74 Å². The molecule has 25 heavy (non-hydrogen) atoms. The number of ether oxygens (including phenoxy) is 1. The molecule has 1 heterocycles. The molecule has 3 aromatic rings. The van der Waals surface area contributed by atoms with Crippen LogP contribution in [0.15, 0.2) is 36.7 Å². The molecule has 0 aliphatic heterocycles. The second kappa shape index (κ2) is 6.68. The fraction of sp³-hybridized carbons (Fsp3) is 0.118. The number of fused-ring (bicyclic) bond motifs is 1. The smallest absolute Gasteiger partial charge is 0.221 e. The fourth-order valence-corrected chi connectivity index (χ4v) is 2.35. The number of benzene rings is 2. The summed E-state index contributed by atoms with van der Waals surface area (Å²) in [7, 11) is 1.47. The van der Waals surface area contributed by atoms with Crippen molar-refractivity contribution in [2.45, 2.75) is 6.92 Å². The number of hydrogen-bond donors (Lipinski definition) is 2. The van der Waals surface area contributed by atoms with E-state index in [1.165, 1.54) is 20.4 Å². The van der Waals surface area contributed by atoms with E-state index in [-0.39, 0.29) is 11.4 Å². The standard InChI is InChI=1S/C17H14F2N4O2/c1-9(24)22-14-4-3-10(5-16(14)25-2)23-17-11-6-12(18)13(19)7-15(11)20-8-21-17/h3-8H,1-2H3,(H,22,24)(H,20,21,23). The van der Waals surface area contributed by atoms with Gasteiger partial charge in [0.15, 0.2) is 11.6 Å². The zero-order valence-electron chi connectivity index (χ0n) is 13.4. The molecule has 0 bridgehead atoms. The Morgan fingerprint density at radius 2 is 1.88 bits per heavy atom. The molecule has 128 valence electrons. The van der Waals surface area contributed by atoms with Crippen LogP contribution in [-0.4, -0.2) is 23.0 Å². The molecule has 0 aliphatic rings. The van der Waals surface area contributed by atoms with Gasteiger partial charge in [-0.2, -0.15) is 0 Å². The summed E-state index contributed by atoms with van der Waals surface area (Å²) in [5.74, 6) is -1.42. The summed E-state index contributed by atoms with van der Waals surface area (Å²) in [6.45, 7) is 1.40. The highest BCUT2D eigenvalue weighted by Gasteiger charge is 2.11. The van der Waals surface area contributed by atoms with Gasteiger partial charge in [-0.1, -0.05) is 0 Å². The molecule has 0 saturated carbocycles. The van der Waals surface area contributed by atoms with Crippen molar-refractivity contribution in [3.63, 3.8) is 0 Å². The molecule has 8 heteroatoms. The Morgan fingerprint density at radius 1 is 1.12 bits per heavy atom. The van der Waals surface area contributed by atoms with Crippen molar-refractivity contribution in [1.82, 2.24) is 9.97 Å². The molecule has 0 aliphatic carbocycles. The minimum atomic E-state index is -0.982. The van der Waals surface area contributed by atoms with Crippen LogP contribution in [0.25, 0.3) is 10.9 Å². The molecule has 1 aromatic heterocycles. The van der Waals surface area contributed by atoms with Gasteiger partial charge in [0.25, 0.3) is 0 Å². The molecule has 0 saturated heterocycles.